The number of benzene rings is 1. The summed E-state index contributed by atoms with van der Waals surface area (Å²) in [5, 5.41) is 24.2. The van der Waals surface area contributed by atoms with Gasteiger partial charge in [-0.15, -0.1) is 10.2 Å². The largest absolute Gasteiger partial charge is 0.457 e. The number of tetrazole rings is 1. The highest BCUT2D eigenvalue weighted by Gasteiger charge is 2.46. The molecule has 10 nitrogen and oxygen atoms in total. The van der Waals surface area contributed by atoms with Crippen LogP contribution < -0.4 is 0 Å². The highest BCUT2D eigenvalue weighted by atomic mass is 16.6. The first-order chi connectivity index (χ1) is 13.6. The molecule has 0 saturated carbocycles. The minimum atomic E-state index is -0.991. The smallest absolute Gasteiger partial charge is 0.410 e. The molecule has 0 radical (unpaired) electrons. The van der Waals surface area contributed by atoms with Gasteiger partial charge in [0.15, 0.2) is 0 Å². The molecule has 3 atom stereocenters. The molecule has 3 rings (SSSR count). The molecule has 0 unspecified atom stereocenters. The third kappa shape index (κ3) is 5.08. The molecule has 2 aromatic rings. The molecule has 1 aliphatic heterocycles. The number of ether oxygens (including phenoxy) is 2. The number of aliphatic hydroxyl groups excluding tert-OH is 1. The number of carbonyl (C=O) groups is 2. The number of hydrogen-bond acceptors (Lipinski definition) is 8. The Balaban J connectivity index is 1.81. The fourth-order valence-electron chi connectivity index (χ4n) is 3.30. The summed E-state index contributed by atoms with van der Waals surface area (Å²) in [6.07, 6.45) is -2.01. The van der Waals surface area contributed by atoms with Gasteiger partial charge in [-0.1, -0.05) is 24.3 Å². The number of likely N-dealkylation sites (tertiary alicyclic amines) is 1. The summed E-state index contributed by atoms with van der Waals surface area (Å²) in [5.41, 5.74) is 0.995. The summed E-state index contributed by atoms with van der Waals surface area (Å²) >= 11 is 0. The fourth-order valence-corrected chi connectivity index (χ4v) is 3.30. The number of amides is 1. The monoisotopic (exact) mass is 403 g/mol. The fraction of sp³-hybridized carbons (Fsp3) is 0.526. The van der Waals surface area contributed by atoms with Gasteiger partial charge in [0.05, 0.1) is 12.6 Å². The van der Waals surface area contributed by atoms with Crippen molar-refractivity contribution in [1.29, 1.82) is 0 Å². The number of carbonyl (C=O) groups excluding carboxylic acids is 2. The molecule has 1 saturated heterocycles. The first-order valence-electron chi connectivity index (χ1n) is 9.32. The Bertz CT molecular complexity index is 847. The molecule has 10 heteroatoms. The van der Waals surface area contributed by atoms with Gasteiger partial charge in [-0.25, -0.2) is 4.79 Å². The molecule has 0 bridgehead atoms. The third-order valence-corrected chi connectivity index (χ3v) is 4.47. The summed E-state index contributed by atoms with van der Waals surface area (Å²) < 4.78 is 10.8. The molecule has 1 aromatic heterocycles. The van der Waals surface area contributed by atoms with Gasteiger partial charge in [-0.3, -0.25) is 9.69 Å². The Labute approximate surface area is 168 Å². The predicted molar refractivity (Wildman–Crippen MR) is 102 cm³/mol. The van der Waals surface area contributed by atoms with Crippen molar-refractivity contribution in [1.82, 2.24) is 25.5 Å². The number of hydrogen-bond donors (Lipinski definition) is 2. The quantitative estimate of drug-likeness (QED) is 0.731. The average Bonchev–Trinajstić information content (AvgIpc) is 3.25. The van der Waals surface area contributed by atoms with Crippen molar-refractivity contribution in [2.45, 2.75) is 58.0 Å². The molecule has 0 aliphatic carbocycles. The van der Waals surface area contributed by atoms with E-state index in [1.54, 1.807) is 20.8 Å². The molecule has 2 heterocycles. The third-order valence-electron chi connectivity index (χ3n) is 4.47. The Morgan fingerprint density at radius 3 is 2.52 bits per heavy atom. The van der Waals surface area contributed by atoms with E-state index in [1.807, 2.05) is 24.3 Å². The minimum absolute atomic E-state index is 0.0263. The number of H-pyrrole nitrogens is 1. The first kappa shape index (κ1) is 20.7. The van der Waals surface area contributed by atoms with Gasteiger partial charge in [-0.05, 0) is 38.0 Å². The maximum absolute atomic E-state index is 12.7. The van der Waals surface area contributed by atoms with Crippen molar-refractivity contribution in [3.05, 3.63) is 29.8 Å². The SMILES string of the molecule is CC(=O)O[C@H]1[C@@H](Cc2ccc(-c3nn[nH]n3)cc2)N(C(=O)OC(C)(C)C)C[C@@H]1O. The van der Waals surface area contributed by atoms with Crippen LogP contribution in [0.4, 0.5) is 4.79 Å². The van der Waals surface area contributed by atoms with Gasteiger partial charge >= 0.3 is 12.1 Å². The number of β-amino-alcohol motifs (C(OH)–C–C–N with tert-alkyl or cyclic N) is 1. The van der Waals surface area contributed by atoms with Crippen LogP contribution in [-0.4, -0.2) is 73.1 Å². The zero-order valence-corrected chi connectivity index (χ0v) is 16.8. The van der Waals surface area contributed by atoms with Crippen LogP contribution in [-0.2, 0) is 20.7 Å². The van der Waals surface area contributed by atoms with E-state index in [0.717, 1.165) is 11.1 Å². The van der Waals surface area contributed by atoms with Crippen molar-refractivity contribution in [2.24, 2.45) is 0 Å². The van der Waals surface area contributed by atoms with Crippen LogP contribution in [0.1, 0.15) is 33.3 Å². The van der Waals surface area contributed by atoms with E-state index in [1.165, 1.54) is 11.8 Å². The van der Waals surface area contributed by atoms with Crippen molar-refractivity contribution >= 4 is 12.1 Å². The van der Waals surface area contributed by atoms with Gasteiger partial charge in [0.2, 0.25) is 5.82 Å². The van der Waals surface area contributed by atoms with Gasteiger partial charge in [0, 0.05) is 12.5 Å². The Kier molecular flexibility index (Phi) is 5.83. The molecular weight excluding hydrogens is 378 g/mol. The molecule has 2 N–H and O–H groups in total. The summed E-state index contributed by atoms with van der Waals surface area (Å²) in [4.78, 5) is 25.6. The van der Waals surface area contributed by atoms with Gasteiger partial charge in [0.1, 0.15) is 17.8 Å². The van der Waals surface area contributed by atoms with Crippen LogP contribution in [0.25, 0.3) is 11.4 Å². The van der Waals surface area contributed by atoms with Crippen LogP contribution in [0.3, 0.4) is 0 Å². The zero-order valence-electron chi connectivity index (χ0n) is 16.8. The number of rotatable bonds is 4. The molecule has 0 spiro atoms. The van der Waals surface area contributed by atoms with E-state index < -0.39 is 35.9 Å². The lowest BCUT2D eigenvalue weighted by Crippen LogP contribution is -2.45. The number of esters is 1. The first-order valence-corrected chi connectivity index (χ1v) is 9.32. The normalized spacial score (nSPS) is 21.8. The molecular formula is C19H25N5O5. The van der Waals surface area contributed by atoms with Crippen LogP contribution in [0.5, 0.6) is 0 Å². The molecule has 1 amide bonds. The summed E-state index contributed by atoms with van der Waals surface area (Å²) in [7, 11) is 0. The minimum Gasteiger partial charge on any atom is -0.457 e. The lowest BCUT2D eigenvalue weighted by atomic mass is 10.00. The van der Waals surface area contributed by atoms with Crippen LogP contribution in [0, 0.1) is 0 Å². The average molecular weight is 403 g/mol. The topological polar surface area (TPSA) is 131 Å². The summed E-state index contributed by atoms with van der Waals surface area (Å²) in [6, 6.07) is 6.86. The van der Waals surface area contributed by atoms with Gasteiger partial charge in [0.25, 0.3) is 0 Å². The second-order valence-corrected chi connectivity index (χ2v) is 7.98. The van der Waals surface area contributed by atoms with Gasteiger partial charge < -0.3 is 14.6 Å². The van der Waals surface area contributed by atoms with E-state index in [2.05, 4.69) is 20.6 Å². The maximum atomic E-state index is 12.7. The molecule has 29 heavy (non-hydrogen) atoms. The van der Waals surface area contributed by atoms with Crippen molar-refractivity contribution in [3.63, 3.8) is 0 Å². The standard InChI is InChI=1S/C19H25N5O5/c1-11(25)28-16-14(24(10-15(16)26)18(27)29-19(2,3)4)9-12-5-7-13(8-6-12)17-20-22-23-21-17/h5-8,14-16,26H,9-10H2,1-4H3,(H,20,21,22,23)/t14-,15+,16+/m1/s1. The number of aliphatic hydroxyl groups is 1. The number of aromatic nitrogens is 4. The zero-order chi connectivity index (χ0) is 21.2. The number of nitrogens with one attached hydrogen (secondary N) is 1. The Morgan fingerprint density at radius 2 is 1.97 bits per heavy atom. The second kappa shape index (κ2) is 8.16. The van der Waals surface area contributed by atoms with Crippen molar-refractivity contribution in [2.75, 3.05) is 6.54 Å². The highest BCUT2D eigenvalue weighted by molar-refractivity contribution is 5.70. The summed E-state index contributed by atoms with van der Waals surface area (Å²) in [5.74, 6) is -0.0430. The van der Waals surface area contributed by atoms with E-state index in [0.29, 0.717) is 12.2 Å². The van der Waals surface area contributed by atoms with E-state index in [9.17, 15) is 14.7 Å². The highest BCUT2D eigenvalue weighted by Crippen LogP contribution is 2.28. The Hall–Kier alpha value is -3.01. The molecule has 1 aromatic carbocycles. The van der Waals surface area contributed by atoms with E-state index in [-0.39, 0.29) is 6.54 Å². The predicted octanol–water partition coefficient (Wildman–Crippen LogP) is 1.32. The second-order valence-electron chi connectivity index (χ2n) is 7.98. The van der Waals surface area contributed by atoms with Crippen LogP contribution >= 0.6 is 0 Å². The summed E-state index contributed by atoms with van der Waals surface area (Å²) in [6.45, 7) is 6.62. The maximum Gasteiger partial charge on any atom is 0.410 e. The van der Waals surface area contributed by atoms with Crippen LogP contribution in [0.2, 0.25) is 0 Å². The lowest BCUT2D eigenvalue weighted by molar-refractivity contribution is -0.151. The van der Waals surface area contributed by atoms with Crippen molar-refractivity contribution < 1.29 is 24.2 Å². The van der Waals surface area contributed by atoms with Gasteiger partial charge in [-0.2, -0.15) is 5.21 Å². The van der Waals surface area contributed by atoms with Crippen LogP contribution in [0.15, 0.2) is 24.3 Å². The molecule has 1 fully saturated rings. The lowest BCUT2D eigenvalue weighted by Gasteiger charge is -2.30. The number of aromatic amines is 1. The molecule has 1 aliphatic rings. The Morgan fingerprint density at radius 1 is 1.28 bits per heavy atom. The van der Waals surface area contributed by atoms with E-state index >= 15 is 0 Å². The molecule has 156 valence electrons. The van der Waals surface area contributed by atoms with Crippen molar-refractivity contribution in [3.8, 4) is 11.4 Å². The van der Waals surface area contributed by atoms with E-state index in [4.69, 9.17) is 9.47 Å². The number of nitrogens with zero attached hydrogens (tertiary/aromatic N) is 4.